The summed E-state index contributed by atoms with van der Waals surface area (Å²) in [4.78, 5) is 11.9. The monoisotopic (exact) mass is 266 g/mol. The van der Waals surface area contributed by atoms with Crippen molar-refractivity contribution in [1.29, 1.82) is 0 Å². The molecule has 0 aromatic heterocycles. The molecule has 1 rings (SSSR count). The lowest BCUT2D eigenvalue weighted by Crippen LogP contribution is -2.26. The predicted molar refractivity (Wildman–Crippen MR) is 74.5 cm³/mol. The maximum absolute atomic E-state index is 11.9. The summed E-state index contributed by atoms with van der Waals surface area (Å²) < 4.78 is 10.5. The first-order valence-corrected chi connectivity index (χ1v) is 6.39. The molecule has 0 unspecified atom stereocenters. The Labute approximate surface area is 114 Å². The molecule has 0 spiro atoms. The Bertz CT molecular complexity index is 385. The van der Waals surface area contributed by atoms with Gasteiger partial charge in [0.15, 0.2) is 0 Å². The summed E-state index contributed by atoms with van der Waals surface area (Å²) in [6, 6.07) is 5.47. The summed E-state index contributed by atoms with van der Waals surface area (Å²) in [5.41, 5.74) is 6.17. The second-order valence-corrected chi connectivity index (χ2v) is 4.16. The van der Waals surface area contributed by atoms with Crippen LogP contribution in [0.1, 0.15) is 18.4 Å². The lowest BCUT2D eigenvalue weighted by Gasteiger charge is -2.12. The minimum absolute atomic E-state index is 0.0418. The van der Waals surface area contributed by atoms with Gasteiger partial charge in [0.25, 0.3) is 0 Å². The fourth-order valence-corrected chi connectivity index (χ4v) is 1.82. The van der Waals surface area contributed by atoms with Gasteiger partial charge in [0, 0.05) is 12.1 Å². The summed E-state index contributed by atoms with van der Waals surface area (Å²) in [5, 5.41) is 2.86. The molecule has 3 N–H and O–H groups in total. The molecule has 1 aromatic rings. The van der Waals surface area contributed by atoms with Gasteiger partial charge in [0.05, 0.1) is 20.6 Å². The van der Waals surface area contributed by atoms with Crippen LogP contribution in [0.5, 0.6) is 11.5 Å². The quantitative estimate of drug-likeness (QED) is 0.691. The summed E-state index contributed by atoms with van der Waals surface area (Å²) in [6.45, 7) is 1.30. The van der Waals surface area contributed by atoms with Crippen molar-refractivity contribution in [2.24, 2.45) is 5.73 Å². The van der Waals surface area contributed by atoms with Gasteiger partial charge in [-0.3, -0.25) is 4.79 Å². The van der Waals surface area contributed by atoms with Crippen LogP contribution in [-0.2, 0) is 11.2 Å². The number of unbranched alkanes of at least 4 members (excludes halogenated alkanes) is 1. The zero-order valence-electron chi connectivity index (χ0n) is 11.6. The van der Waals surface area contributed by atoms with Gasteiger partial charge in [-0.25, -0.2) is 0 Å². The molecule has 0 aliphatic heterocycles. The standard InChI is InChI=1S/C14H22N2O3/c1-18-12-6-5-7-13(19-2)11(12)10-14(17)16-9-4-3-8-15/h5-7H,3-4,8-10,15H2,1-2H3,(H,16,17). The second-order valence-electron chi connectivity index (χ2n) is 4.16. The van der Waals surface area contributed by atoms with E-state index in [0.29, 0.717) is 24.6 Å². The van der Waals surface area contributed by atoms with Crippen molar-refractivity contribution in [1.82, 2.24) is 5.32 Å². The van der Waals surface area contributed by atoms with Crippen LogP contribution in [-0.4, -0.2) is 33.2 Å². The van der Waals surface area contributed by atoms with E-state index in [4.69, 9.17) is 15.2 Å². The molecule has 0 radical (unpaired) electrons. The van der Waals surface area contributed by atoms with E-state index in [1.54, 1.807) is 14.2 Å². The number of carbonyl (C=O) groups excluding carboxylic acids is 1. The smallest absolute Gasteiger partial charge is 0.224 e. The summed E-state index contributed by atoms with van der Waals surface area (Å²) in [5.74, 6) is 1.28. The Morgan fingerprint density at radius 1 is 1.21 bits per heavy atom. The molecule has 0 atom stereocenters. The molecule has 0 aliphatic carbocycles. The molecule has 1 amide bonds. The summed E-state index contributed by atoms with van der Waals surface area (Å²) >= 11 is 0. The summed E-state index contributed by atoms with van der Waals surface area (Å²) in [7, 11) is 3.16. The van der Waals surface area contributed by atoms with Crippen LogP contribution in [0.4, 0.5) is 0 Å². The number of hydrogen-bond donors (Lipinski definition) is 2. The van der Waals surface area contributed by atoms with Crippen LogP contribution >= 0.6 is 0 Å². The highest BCUT2D eigenvalue weighted by Gasteiger charge is 2.13. The van der Waals surface area contributed by atoms with Gasteiger partial charge in [-0.05, 0) is 31.5 Å². The van der Waals surface area contributed by atoms with Crippen LogP contribution in [0.25, 0.3) is 0 Å². The Morgan fingerprint density at radius 3 is 2.37 bits per heavy atom. The van der Waals surface area contributed by atoms with Crippen LogP contribution < -0.4 is 20.5 Å². The third-order valence-electron chi connectivity index (χ3n) is 2.82. The Morgan fingerprint density at radius 2 is 1.84 bits per heavy atom. The van der Waals surface area contributed by atoms with Crippen LogP contribution in [0.15, 0.2) is 18.2 Å². The van der Waals surface area contributed by atoms with Crippen molar-refractivity contribution >= 4 is 5.91 Å². The fourth-order valence-electron chi connectivity index (χ4n) is 1.82. The average molecular weight is 266 g/mol. The molecule has 0 bridgehead atoms. The van der Waals surface area contributed by atoms with Crippen molar-refractivity contribution in [3.05, 3.63) is 23.8 Å². The van der Waals surface area contributed by atoms with Crippen LogP contribution in [0, 0.1) is 0 Å². The van der Waals surface area contributed by atoms with E-state index < -0.39 is 0 Å². The van der Waals surface area contributed by atoms with Gasteiger partial charge < -0.3 is 20.5 Å². The van der Waals surface area contributed by atoms with Crippen LogP contribution in [0.2, 0.25) is 0 Å². The molecule has 1 aromatic carbocycles. The minimum Gasteiger partial charge on any atom is -0.496 e. The first-order valence-electron chi connectivity index (χ1n) is 6.39. The number of benzene rings is 1. The molecular formula is C14H22N2O3. The molecule has 0 saturated heterocycles. The average Bonchev–Trinajstić information content (AvgIpc) is 2.43. The lowest BCUT2D eigenvalue weighted by atomic mass is 10.1. The minimum atomic E-state index is -0.0418. The third-order valence-corrected chi connectivity index (χ3v) is 2.82. The molecular weight excluding hydrogens is 244 g/mol. The second kappa shape index (κ2) is 8.37. The first kappa shape index (κ1) is 15.3. The topological polar surface area (TPSA) is 73.6 Å². The van der Waals surface area contributed by atoms with E-state index in [9.17, 15) is 4.79 Å². The van der Waals surface area contributed by atoms with E-state index in [1.807, 2.05) is 18.2 Å². The molecule has 0 fully saturated rings. The zero-order valence-corrected chi connectivity index (χ0v) is 11.6. The normalized spacial score (nSPS) is 10.1. The van der Waals surface area contributed by atoms with Gasteiger partial charge in [-0.2, -0.15) is 0 Å². The first-order chi connectivity index (χ1) is 9.22. The van der Waals surface area contributed by atoms with Crippen molar-refractivity contribution in [2.45, 2.75) is 19.3 Å². The van der Waals surface area contributed by atoms with E-state index in [2.05, 4.69) is 5.32 Å². The van der Waals surface area contributed by atoms with E-state index in [1.165, 1.54) is 0 Å². The van der Waals surface area contributed by atoms with Gasteiger partial charge in [0.2, 0.25) is 5.91 Å². The number of ether oxygens (including phenoxy) is 2. The summed E-state index contributed by atoms with van der Waals surface area (Å²) in [6.07, 6.45) is 2.05. The molecule has 0 saturated carbocycles. The molecule has 0 aliphatic rings. The van der Waals surface area contributed by atoms with Crippen LogP contribution in [0.3, 0.4) is 0 Å². The third kappa shape index (κ3) is 4.79. The zero-order chi connectivity index (χ0) is 14.1. The van der Waals surface area contributed by atoms with Gasteiger partial charge in [0.1, 0.15) is 11.5 Å². The fraction of sp³-hybridized carbons (Fsp3) is 0.500. The number of rotatable bonds is 8. The molecule has 19 heavy (non-hydrogen) atoms. The number of hydrogen-bond acceptors (Lipinski definition) is 4. The highest BCUT2D eigenvalue weighted by molar-refractivity contribution is 5.80. The lowest BCUT2D eigenvalue weighted by molar-refractivity contribution is -0.120. The van der Waals surface area contributed by atoms with Gasteiger partial charge >= 0.3 is 0 Å². The highest BCUT2D eigenvalue weighted by Crippen LogP contribution is 2.28. The maximum atomic E-state index is 11.9. The van der Waals surface area contributed by atoms with E-state index >= 15 is 0 Å². The number of methoxy groups -OCH3 is 2. The van der Waals surface area contributed by atoms with Gasteiger partial charge in [-0.1, -0.05) is 6.07 Å². The van der Waals surface area contributed by atoms with E-state index in [-0.39, 0.29) is 12.3 Å². The van der Waals surface area contributed by atoms with Crippen molar-refractivity contribution in [3.8, 4) is 11.5 Å². The van der Waals surface area contributed by atoms with Gasteiger partial charge in [-0.15, -0.1) is 0 Å². The number of carbonyl (C=O) groups is 1. The number of nitrogens with two attached hydrogens (primary N) is 1. The number of amides is 1. The van der Waals surface area contributed by atoms with E-state index in [0.717, 1.165) is 18.4 Å². The Balaban J connectivity index is 2.62. The Hall–Kier alpha value is -1.75. The Kier molecular flexibility index (Phi) is 6.74. The molecule has 0 heterocycles. The van der Waals surface area contributed by atoms with Crippen molar-refractivity contribution < 1.29 is 14.3 Å². The largest absolute Gasteiger partial charge is 0.496 e. The molecule has 5 heteroatoms. The van der Waals surface area contributed by atoms with Crippen molar-refractivity contribution in [2.75, 3.05) is 27.3 Å². The number of nitrogens with one attached hydrogen (secondary N) is 1. The van der Waals surface area contributed by atoms with Crippen molar-refractivity contribution in [3.63, 3.8) is 0 Å². The highest BCUT2D eigenvalue weighted by atomic mass is 16.5. The SMILES string of the molecule is COc1cccc(OC)c1CC(=O)NCCCCN. The maximum Gasteiger partial charge on any atom is 0.224 e. The molecule has 5 nitrogen and oxygen atoms in total. The predicted octanol–water partition coefficient (Wildman–Crippen LogP) is 1.10. The molecule has 106 valence electrons.